The lowest BCUT2D eigenvalue weighted by atomic mass is 10.3. The van der Waals surface area contributed by atoms with E-state index in [9.17, 15) is 0 Å². The Morgan fingerprint density at radius 1 is 1.60 bits per heavy atom. The molecular formula is C6H5ClN2S. The van der Waals surface area contributed by atoms with Crippen molar-refractivity contribution in [1.29, 1.82) is 0 Å². The van der Waals surface area contributed by atoms with Gasteiger partial charge in [-0.05, 0) is 12.1 Å². The highest BCUT2D eigenvalue weighted by Gasteiger charge is 1.94. The van der Waals surface area contributed by atoms with Gasteiger partial charge >= 0.3 is 0 Å². The molecule has 0 bridgehead atoms. The van der Waals surface area contributed by atoms with Crippen LogP contribution in [0.25, 0.3) is 0 Å². The molecule has 0 saturated heterocycles. The molecule has 0 aromatic carbocycles. The second-order valence-corrected chi connectivity index (χ2v) is 2.56. The molecule has 2 N–H and O–H groups in total. The summed E-state index contributed by atoms with van der Waals surface area (Å²) in [5, 5.41) is 0.444. The number of aromatic nitrogens is 1. The summed E-state index contributed by atoms with van der Waals surface area (Å²) in [5.74, 6) is 0. The summed E-state index contributed by atoms with van der Waals surface area (Å²) in [4.78, 5) is 4.14. The number of nitrogens with zero attached hydrogens (tertiary/aromatic N) is 1. The number of hydrogen-bond acceptors (Lipinski definition) is 2. The van der Waals surface area contributed by atoms with E-state index in [1.807, 2.05) is 0 Å². The smallest absolute Gasteiger partial charge is 0.129 e. The first-order chi connectivity index (χ1) is 4.70. The van der Waals surface area contributed by atoms with Gasteiger partial charge in [0.1, 0.15) is 10.1 Å². The van der Waals surface area contributed by atoms with E-state index < -0.39 is 0 Å². The molecule has 0 spiro atoms. The first-order valence-electron chi connectivity index (χ1n) is 2.61. The zero-order chi connectivity index (χ0) is 7.56. The van der Waals surface area contributed by atoms with E-state index in [1.165, 1.54) is 0 Å². The van der Waals surface area contributed by atoms with Crippen LogP contribution in [0.15, 0.2) is 18.3 Å². The third-order valence-corrected chi connectivity index (χ3v) is 1.47. The van der Waals surface area contributed by atoms with Gasteiger partial charge in [-0.25, -0.2) is 4.98 Å². The van der Waals surface area contributed by atoms with E-state index in [0.29, 0.717) is 10.1 Å². The topological polar surface area (TPSA) is 38.9 Å². The van der Waals surface area contributed by atoms with Gasteiger partial charge in [-0.2, -0.15) is 0 Å². The molecule has 0 saturated carbocycles. The lowest BCUT2D eigenvalue weighted by Gasteiger charge is -1.94. The number of pyridine rings is 1. The number of thiocarbonyl (C=S) groups is 1. The van der Waals surface area contributed by atoms with Gasteiger partial charge in [-0.3, -0.25) is 0 Å². The summed E-state index contributed by atoms with van der Waals surface area (Å²) in [6, 6.07) is 3.38. The van der Waals surface area contributed by atoms with Gasteiger partial charge < -0.3 is 5.73 Å². The van der Waals surface area contributed by atoms with Crippen molar-refractivity contribution < 1.29 is 0 Å². The van der Waals surface area contributed by atoms with Gasteiger partial charge in [0.25, 0.3) is 0 Å². The Labute approximate surface area is 69.0 Å². The van der Waals surface area contributed by atoms with Gasteiger partial charge in [0.05, 0.1) is 0 Å². The van der Waals surface area contributed by atoms with E-state index in [-0.39, 0.29) is 0 Å². The molecule has 0 amide bonds. The molecule has 52 valence electrons. The van der Waals surface area contributed by atoms with Gasteiger partial charge in [-0.15, -0.1) is 0 Å². The van der Waals surface area contributed by atoms with Crippen molar-refractivity contribution in [1.82, 2.24) is 4.98 Å². The van der Waals surface area contributed by atoms with E-state index >= 15 is 0 Å². The second-order valence-electron chi connectivity index (χ2n) is 1.73. The van der Waals surface area contributed by atoms with Crippen LogP contribution in [0.1, 0.15) is 5.56 Å². The molecule has 0 unspecified atom stereocenters. The van der Waals surface area contributed by atoms with E-state index in [0.717, 1.165) is 5.56 Å². The van der Waals surface area contributed by atoms with Crippen LogP contribution in [0.5, 0.6) is 0 Å². The third kappa shape index (κ3) is 1.65. The van der Waals surface area contributed by atoms with Gasteiger partial charge in [-0.1, -0.05) is 23.8 Å². The van der Waals surface area contributed by atoms with Crippen molar-refractivity contribution >= 4 is 28.8 Å². The monoisotopic (exact) mass is 172 g/mol. The molecule has 4 heteroatoms. The van der Waals surface area contributed by atoms with Crippen LogP contribution in [-0.2, 0) is 0 Å². The minimum atomic E-state index is 0.337. The van der Waals surface area contributed by atoms with Crippen molar-refractivity contribution in [3.05, 3.63) is 29.0 Å². The summed E-state index contributed by atoms with van der Waals surface area (Å²) in [7, 11) is 0. The summed E-state index contributed by atoms with van der Waals surface area (Å²) >= 11 is 10.2. The maximum Gasteiger partial charge on any atom is 0.129 e. The molecule has 0 aliphatic rings. The first kappa shape index (κ1) is 7.44. The molecular weight excluding hydrogens is 168 g/mol. The standard InChI is InChI=1S/C6H5ClN2S/c7-5-2-1-4(3-9-5)6(8)10/h1-3H,(H2,8,10). The fourth-order valence-electron chi connectivity index (χ4n) is 0.522. The largest absolute Gasteiger partial charge is 0.389 e. The SMILES string of the molecule is NC(=S)c1ccc(Cl)nc1. The number of nitrogens with two attached hydrogens (primary N) is 1. The summed E-state index contributed by atoms with van der Waals surface area (Å²) in [6.07, 6.45) is 1.55. The van der Waals surface area contributed by atoms with Crippen molar-refractivity contribution in [3.8, 4) is 0 Å². The molecule has 1 aromatic rings. The van der Waals surface area contributed by atoms with Gasteiger partial charge in [0.2, 0.25) is 0 Å². The van der Waals surface area contributed by atoms with E-state index in [1.54, 1.807) is 18.3 Å². The Morgan fingerprint density at radius 2 is 2.30 bits per heavy atom. The Morgan fingerprint density at radius 3 is 2.70 bits per heavy atom. The molecule has 0 fully saturated rings. The van der Waals surface area contributed by atoms with Crippen LogP contribution in [0.2, 0.25) is 5.15 Å². The van der Waals surface area contributed by atoms with Crippen LogP contribution in [-0.4, -0.2) is 9.97 Å². The predicted molar refractivity (Wildman–Crippen MR) is 45.1 cm³/mol. The molecule has 1 aromatic heterocycles. The number of rotatable bonds is 1. The molecule has 10 heavy (non-hydrogen) atoms. The van der Waals surface area contributed by atoms with Crippen LogP contribution < -0.4 is 5.73 Å². The third-order valence-electron chi connectivity index (χ3n) is 1.01. The summed E-state index contributed by atoms with van der Waals surface area (Å²) < 4.78 is 0. The highest BCUT2D eigenvalue weighted by Crippen LogP contribution is 2.04. The zero-order valence-corrected chi connectivity index (χ0v) is 6.62. The van der Waals surface area contributed by atoms with Crippen LogP contribution in [0.4, 0.5) is 0 Å². The van der Waals surface area contributed by atoms with Crippen LogP contribution in [0.3, 0.4) is 0 Å². The van der Waals surface area contributed by atoms with Gasteiger partial charge in [0.15, 0.2) is 0 Å². The average Bonchev–Trinajstić information content (AvgIpc) is 1.88. The Balaban J connectivity index is 3.00. The normalized spacial score (nSPS) is 9.30. The lowest BCUT2D eigenvalue weighted by Crippen LogP contribution is -2.09. The summed E-state index contributed by atoms with van der Waals surface area (Å²) in [6.45, 7) is 0. The quantitative estimate of drug-likeness (QED) is 0.514. The van der Waals surface area contributed by atoms with Crippen molar-refractivity contribution in [3.63, 3.8) is 0 Å². The molecule has 0 radical (unpaired) electrons. The van der Waals surface area contributed by atoms with Crippen molar-refractivity contribution in [2.24, 2.45) is 5.73 Å². The molecule has 0 aliphatic carbocycles. The molecule has 1 heterocycles. The zero-order valence-electron chi connectivity index (χ0n) is 5.04. The highest BCUT2D eigenvalue weighted by atomic mass is 35.5. The van der Waals surface area contributed by atoms with Gasteiger partial charge in [0, 0.05) is 11.8 Å². The maximum atomic E-state index is 5.52. The fourth-order valence-corrected chi connectivity index (χ4v) is 0.754. The number of halogens is 1. The Bertz CT molecular complexity index is 244. The second kappa shape index (κ2) is 2.94. The molecule has 0 atom stereocenters. The van der Waals surface area contributed by atoms with Crippen molar-refractivity contribution in [2.75, 3.05) is 0 Å². The Hall–Kier alpha value is -0.670. The highest BCUT2D eigenvalue weighted by molar-refractivity contribution is 7.80. The fraction of sp³-hybridized carbons (Fsp3) is 0. The van der Waals surface area contributed by atoms with Crippen molar-refractivity contribution in [2.45, 2.75) is 0 Å². The first-order valence-corrected chi connectivity index (χ1v) is 3.40. The van der Waals surface area contributed by atoms with Crippen LogP contribution >= 0.6 is 23.8 Å². The molecule has 2 nitrogen and oxygen atoms in total. The summed E-state index contributed by atoms with van der Waals surface area (Å²) in [5.41, 5.74) is 6.05. The van der Waals surface area contributed by atoms with E-state index in [2.05, 4.69) is 4.98 Å². The number of hydrogen-bond donors (Lipinski definition) is 1. The predicted octanol–water partition coefficient (Wildman–Crippen LogP) is 1.37. The molecule has 0 aliphatic heterocycles. The van der Waals surface area contributed by atoms with Crippen LogP contribution in [0, 0.1) is 0 Å². The average molecular weight is 173 g/mol. The lowest BCUT2D eigenvalue weighted by molar-refractivity contribution is 1.32. The molecule has 1 rings (SSSR count). The minimum Gasteiger partial charge on any atom is -0.389 e. The minimum absolute atomic E-state index is 0.337. The maximum absolute atomic E-state index is 5.52. The van der Waals surface area contributed by atoms with E-state index in [4.69, 9.17) is 29.6 Å². The Kier molecular flexibility index (Phi) is 2.19.